The summed E-state index contributed by atoms with van der Waals surface area (Å²) in [6.45, 7) is 0.933. The lowest BCUT2D eigenvalue weighted by molar-refractivity contribution is 0.586. The van der Waals surface area contributed by atoms with Crippen molar-refractivity contribution in [2.75, 3.05) is 24.7 Å². The van der Waals surface area contributed by atoms with Crippen molar-refractivity contribution in [3.05, 3.63) is 60.1 Å². The zero-order valence-corrected chi connectivity index (χ0v) is 18.0. The van der Waals surface area contributed by atoms with Crippen molar-refractivity contribution in [1.82, 2.24) is 19.7 Å². The molecule has 0 radical (unpaired) electrons. The minimum Gasteiger partial charge on any atom is -0.369 e. The predicted molar refractivity (Wildman–Crippen MR) is 122 cm³/mol. The van der Waals surface area contributed by atoms with Crippen LogP contribution in [0.5, 0.6) is 0 Å². The van der Waals surface area contributed by atoms with Crippen molar-refractivity contribution in [3.63, 3.8) is 0 Å². The first-order chi connectivity index (χ1) is 14.5. The Kier molecular flexibility index (Phi) is 6.03. The molecule has 4 aromatic rings. The second-order valence-corrected chi connectivity index (χ2v) is 9.44. The van der Waals surface area contributed by atoms with Crippen molar-refractivity contribution in [3.8, 4) is 22.6 Å². The molecule has 0 amide bonds. The molecule has 3 aromatic heterocycles. The van der Waals surface area contributed by atoms with Crippen molar-refractivity contribution >= 4 is 37.4 Å². The van der Waals surface area contributed by atoms with E-state index >= 15 is 0 Å². The van der Waals surface area contributed by atoms with Crippen LogP contribution in [0.1, 0.15) is 6.42 Å². The zero-order chi connectivity index (χ0) is 21.0. The Morgan fingerprint density at radius 2 is 1.80 bits per heavy atom. The van der Waals surface area contributed by atoms with E-state index in [1.54, 1.807) is 17.5 Å². The third kappa shape index (κ3) is 4.81. The average molecular weight is 440 g/mol. The first kappa shape index (κ1) is 20.4. The Labute approximate surface area is 179 Å². The summed E-state index contributed by atoms with van der Waals surface area (Å²) < 4.78 is 25.0. The molecule has 0 aliphatic rings. The van der Waals surface area contributed by atoms with Gasteiger partial charge in [0, 0.05) is 30.2 Å². The molecule has 0 fully saturated rings. The number of hydrogen-bond acceptors (Lipinski definition) is 7. The Morgan fingerprint density at radius 1 is 1.00 bits per heavy atom. The largest absolute Gasteiger partial charge is 0.369 e. The second kappa shape index (κ2) is 8.86. The minimum absolute atomic E-state index is 0.363. The van der Waals surface area contributed by atoms with E-state index in [2.05, 4.69) is 32.5 Å². The van der Waals surface area contributed by atoms with E-state index in [1.807, 2.05) is 36.4 Å². The lowest BCUT2D eigenvalue weighted by Crippen LogP contribution is -2.24. The maximum Gasteiger partial charge on any atom is 0.208 e. The van der Waals surface area contributed by atoms with Crippen LogP contribution in [0.3, 0.4) is 0 Å². The summed E-state index contributed by atoms with van der Waals surface area (Å²) in [5.41, 5.74) is 2.87. The zero-order valence-electron chi connectivity index (χ0n) is 16.4. The maximum absolute atomic E-state index is 11.2. The van der Waals surface area contributed by atoms with Crippen LogP contribution < -0.4 is 10.0 Å². The van der Waals surface area contributed by atoms with Gasteiger partial charge in [0.1, 0.15) is 16.3 Å². The van der Waals surface area contributed by atoms with Gasteiger partial charge < -0.3 is 5.32 Å². The Morgan fingerprint density at radius 3 is 2.53 bits per heavy atom. The van der Waals surface area contributed by atoms with Crippen molar-refractivity contribution in [2.24, 2.45) is 0 Å². The molecule has 0 bridgehead atoms. The molecule has 3 heterocycles. The van der Waals surface area contributed by atoms with E-state index in [4.69, 9.17) is 9.97 Å². The van der Waals surface area contributed by atoms with Crippen LogP contribution in [0, 0.1) is 0 Å². The number of nitrogens with one attached hydrogen (secondary N) is 2. The standard InChI is InChI=1S/C21H21N5O2S2/c1-30(27,28)24-13-7-12-23-20-18-16(15-8-3-2-4-9-15)14-29-21(18)26-19(25-20)17-10-5-6-11-22-17/h2-6,8-11,14,24H,7,12-13H2,1H3,(H,23,25,26). The third-order valence-corrected chi connectivity index (χ3v) is 6.02. The number of fused-ring (bicyclic) bond motifs is 1. The van der Waals surface area contributed by atoms with E-state index in [1.165, 1.54) is 0 Å². The van der Waals surface area contributed by atoms with Crippen molar-refractivity contribution < 1.29 is 8.42 Å². The molecule has 0 spiro atoms. The van der Waals surface area contributed by atoms with Gasteiger partial charge >= 0.3 is 0 Å². The highest BCUT2D eigenvalue weighted by atomic mass is 32.2. The normalized spacial score (nSPS) is 11.6. The molecular weight excluding hydrogens is 418 g/mol. The summed E-state index contributed by atoms with van der Waals surface area (Å²) in [4.78, 5) is 14.8. The molecular formula is C21H21N5O2S2. The highest BCUT2D eigenvalue weighted by Gasteiger charge is 2.16. The first-order valence-electron chi connectivity index (χ1n) is 9.46. The number of pyridine rings is 1. The Balaban J connectivity index is 1.69. The lowest BCUT2D eigenvalue weighted by atomic mass is 10.1. The molecule has 0 atom stereocenters. The summed E-state index contributed by atoms with van der Waals surface area (Å²) in [6.07, 6.45) is 3.50. The summed E-state index contributed by atoms with van der Waals surface area (Å²) in [5.74, 6) is 1.28. The van der Waals surface area contributed by atoms with Gasteiger partial charge in [-0.2, -0.15) is 0 Å². The molecule has 0 aliphatic carbocycles. The number of hydrogen-bond donors (Lipinski definition) is 2. The van der Waals surface area contributed by atoms with Crippen molar-refractivity contribution in [1.29, 1.82) is 0 Å². The molecule has 4 rings (SSSR count). The summed E-state index contributed by atoms with van der Waals surface area (Å²) >= 11 is 1.57. The van der Waals surface area contributed by atoms with E-state index in [0.29, 0.717) is 31.0 Å². The second-order valence-electron chi connectivity index (χ2n) is 6.75. The van der Waals surface area contributed by atoms with Crippen LogP contribution >= 0.6 is 11.3 Å². The van der Waals surface area contributed by atoms with Gasteiger partial charge in [-0.15, -0.1) is 11.3 Å². The van der Waals surface area contributed by atoms with Gasteiger partial charge in [-0.1, -0.05) is 36.4 Å². The molecule has 0 saturated carbocycles. The smallest absolute Gasteiger partial charge is 0.208 e. The number of benzene rings is 1. The minimum atomic E-state index is -3.19. The molecule has 30 heavy (non-hydrogen) atoms. The van der Waals surface area contributed by atoms with Gasteiger partial charge in [-0.25, -0.2) is 23.1 Å². The van der Waals surface area contributed by atoms with E-state index < -0.39 is 10.0 Å². The predicted octanol–water partition coefficient (Wildman–Crippen LogP) is 3.77. The summed E-state index contributed by atoms with van der Waals surface area (Å²) in [5, 5.41) is 6.42. The van der Waals surface area contributed by atoms with Crippen LogP contribution in [0.4, 0.5) is 5.82 Å². The number of anilines is 1. The lowest BCUT2D eigenvalue weighted by Gasteiger charge is -2.11. The van der Waals surface area contributed by atoms with E-state index in [0.717, 1.165) is 33.4 Å². The van der Waals surface area contributed by atoms with Gasteiger partial charge in [0.25, 0.3) is 0 Å². The summed E-state index contributed by atoms with van der Waals surface area (Å²) in [6, 6.07) is 15.8. The molecule has 2 N–H and O–H groups in total. The number of aromatic nitrogens is 3. The monoisotopic (exact) mass is 439 g/mol. The third-order valence-electron chi connectivity index (χ3n) is 4.42. The van der Waals surface area contributed by atoms with Crippen molar-refractivity contribution in [2.45, 2.75) is 6.42 Å². The quantitative estimate of drug-likeness (QED) is 0.406. The fraction of sp³-hybridized carbons (Fsp3) is 0.190. The number of sulfonamides is 1. The van der Waals surface area contributed by atoms with E-state index in [-0.39, 0.29) is 0 Å². The highest BCUT2D eigenvalue weighted by molar-refractivity contribution is 7.88. The van der Waals surface area contributed by atoms with E-state index in [9.17, 15) is 8.42 Å². The Bertz CT molecular complexity index is 1240. The van der Waals surface area contributed by atoms with Gasteiger partial charge in [-0.05, 0) is 24.1 Å². The van der Waals surface area contributed by atoms with Gasteiger partial charge in [-0.3, -0.25) is 4.98 Å². The van der Waals surface area contributed by atoms with Crippen LogP contribution in [-0.2, 0) is 10.0 Å². The number of rotatable bonds is 8. The molecule has 0 saturated heterocycles. The molecule has 0 unspecified atom stereocenters. The molecule has 9 heteroatoms. The molecule has 1 aromatic carbocycles. The van der Waals surface area contributed by atoms with Crippen LogP contribution in [0.2, 0.25) is 0 Å². The van der Waals surface area contributed by atoms with Crippen LogP contribution in [-0.4, -0.2) is 42.7 Å². The first-order valence-corrected chi connectivity index (χ1v) is 12.2. The van der Waals surface area contributed by atoms with Crippen LogP contribution in [0.15, 0.2) is 60.1 Å². The fourth-order valence-electron chi connectivity index (χ4n) is 3.06. The Hall–Kier alpha value is -2.88. The number of nitrogens with zero attached hydrogens (tertiary/aromatic N) is 3. The molecule has 154 valence electrons. The molecule has 7 nitrogen and oxygen atoms in total. The average Bonchev–Trinajstić information content (AvgIpc) is 3.18. The number of thiophene rings is 1. The van der Waals surface area contributed by atoms with Gasteiger partial charge in [0.2, 0.25) is 10.0 Å². The van der Waals surface area contributed by atoms with Crippen LogP contribution in [0.25, 0.3) is 32.9 Å². The highest BCUT2D eigenvalue weighted by Crippen LogP contribution is 2.37. The molecule has 0 aliphatic heterocycles. The maximum atomic E-state index is 11.2. The van der Waals surface area contributed by atoms with Gasteiger partial charge in [0.05, 0.1) is 11.6 Å². The topological polar surface area (TPSA) is 96.9 Å². The SMILES string of the molecule is CS(=O)(=O)NCCCNc1nc(-c2ccccn2)nc2scc(-c3ccccc3)c12. The summed E-state index contributed by atoms with van der Waals surface area (Å²) in [7, 11) is -3.19. The fourth-order valence-corrected chi connectivity index (χ4v) is 4.52. The van der Waals surface area contributed by atoms with Gasteiger partial charge in [0.15, 0.2) is 5.82 Å².